The number of carbonyl (C=O) groups is 3. The van der Waals surface area contributed by atoms with Gasteiger partial charge in [-0.1, -0.05) is 19.9 Å². The molecule has 7 nitrogen and oxygen atoms in total. The number of rotatable bonds is 7. The number of urea groups is 1. The van der Waals surface area contributed by atoms with Crippen molar-refractivity contribution in [3.05, 3.63) is 54.3 Å². The fourth-order valence-corrected chi connectivity index (χ4v) is 3.35. The number of amides is 4. The summed E-state index contributed by atoms with van der Waals surface area (Å²) in [6, 6.07) is 10.6. The second kappa shape index (κ2) is 8.94. The summed E-state index contributed by atoms with van der Waals surface area (Å²) < 4.78 is 18.7. The standard InChI is InChI=1S/C22H24FN3O4/c1-14(2)13-25-19(12-20(27)24-16-7-9-18(30-3)10-8-16)21(28)26(22(25)29)17-6-4-5-15(23)11-17/h4-11,14,19H,12-13H2,1-3H3,(H,24,27)/t19-/m1/s1. The highest BCUT2D eigenvalue weighted by atomic mass is 19.1. The van der Waals surface area contributed by atoms with E-state index in [2.05, 4.69) is 5.32 Å². The third-order valence-corrected chi connectivity index (χ3v) is 4.70. The number of nitrogens with zero attached hydrogens (tertiary/aromatic N) is 2. The van der Waals surface area contributed by atoms with Crippen LogP contribution in [0.4, 0.5) is 20.6 Å². The summed E-state index contributed by atoms with van der Waals surface area (Å²) in [7, 11) is 1.55. The number of hydrogen-bond donors (Lipinski definition) is 1. The first-order valence-electron chi connectivity index (χ1n) is 9.64. The fraction of sp³-hybridized carbons (Fsp3) is 0.318. The molecule has 1 N–H and O–H groups in total. The number of benzene rings is 2. The van der Waals surface area contributed by atoms with Gasteiger partial charge in [-0.25, -0.2) is 14.1 Å². The van der Waals surface area contributed by atoms with E-state index in [1.165, 1.54) is 23.1 Å². The normalized spacial score (nSPS) is 16.4. The van der Waals surface area contributed by atoms with Gasteiger partial charge in [0.25, 0.3) is 5.91 Å². The number of nitrogens with one attached hydrogen (secondary N) is 1. The fourth-order valence-electron chi connectivity index (χ4n) is 3.35. The Morgan fingerprint density at radius 1 is 1.17 bits per heavy atom. The van der Waals surface area contributed by atoms with E-state index in [1.54, 1.807) is 31.4 Å². The van der Waals surface area contributed by atoms with Crippen LogP contribution in [0.1, 0.15) is 20.3 Å². The van der Waals surface area contributed by atoms with E-state index in [9.17, 15) is 18.8 Å². The lowest BCUT2D eigenvalue weighted by molar-refractivity contribution is -0.124. The van der Waals surface area contributed by atoms with Crippen LogP contribution >= 0.6 is 0 Å². The van der Waals surface area contributed by atoms with E-state index < -0.39 is 29.7 Å². The maximum Gasteiger partial charge on any atom is 0.332 e. The molecule has 8 heteroatoms. The molecule has 158 valence electrons. The molecule has 1 atom stereocenters. The maximum atomic E-state index is 13.6. The largest absolute Gasteiger partial charge is 0.497 e. The Kier molecular flexibility index (Phi) is 6.34. The first-order valence-corrected chi connectivity index (χ1v) is 9.64. The predicted octanol–water partition coefficient (Wildman–Crippen LogP) is 3.66. The number of methoxy groups -OCH3 is 1. The summed E-state index contributed by atoms with van der Waals surface area (Å²) in [6.45, 7) is 4.13. The Morgan fingerprint density at radius 2 is 1.87 bits per heavy atom. The second-order valence-corrected chi connectivity index (χ2v) is 7.48. The lowest BCUT2D eigenvalue weighted by Gasteiger charge is -2.23. The molecule has 1 fully saturated rings. The molecule has 0 unspecified atom stereocenters. The van der Waals surface area contributed by atoms with Gasteiger partial charge in [0.2, 0.25) is 5.91 Å². The number of imide groups is 1. The van der Waals surface area contributed by atoms with Crippen molar-refractivity contribution in [3.8, 4) is 5.75 Å². The van der Waals surface area contributed by atoms with Crippen LogP contribution in [0.3, 0.4) is 0 Å². The smallest absolute Gasteiger partial charge is 0.332 e. The number of anilines is 2. The zero-order valence-corrected chi connectivity index (χ0v) is 17.1. The minimum atomic E-state index is -0.957. The Balaban J connectivity index is 1.80. The summed E-state index contributed by atoms with van der Waals surface area (Å²) in [6.07, 6.45) is -0.199. The molecule has 3 rings (SSSR count). The van der Waals surface area contributed by atoms with Gasteiger partial charge < -0.3 is 15.0 Å². The molecule has 0 aromatic heterocycles. The SMILES string of the molecule is COc1ccc(NC(=O)C[C@@H]2C(=O)N(c3cccc(F)c3)C(=O)N2CC(C)C)cc1. The first-order chi connectivity index (χ1) is 14.3. The molecule has 1 aliphatic rings. The Bertz CT molecular complexity index is 946. The molecule has 0 saturated carbocycles. The Morgan fingerprint density at radius 3 is 2.47 bits per heavy atom. The summed E-state index contributed by atoms with van der Waals surface area (Å²) in [5.41, 5.74) is 0.701. The molecule has 1 saturated heterocycles. The summed E-state index contributed by atoms with van der Waals surface area (Å²) in [5.74, 6) is -0.763. The number of carbonyl (C=O) groups excluding carboxylic acids is 3. The van der Waals surface area contributed by atoms with Crippen molar-refractivity contribution in [2.24, 2.45) is 5.92 Å². The van der Waals surface area contributed by atoms with E-state index >= 15 is 0 Å². The van der Waals surface area contributed by atoms with Crippen molar-refractivity contribution < 1.29 is 23.5 Å². The predicted molar refractivity (Wildman–Crippen MR) is 111 cm³/mol. The molecule has 0 aliphatic carbocycles. The van der Waals surface area contributed by atoms with Gasteiger partial charge in [0.05, 0.1) is 19.2 Å². The number of ether oxygens (including phenoxy) is 1. The van der Waals surface area contributed by atoms with E-state index in [0.717, 1.165) is 11.0 Å². The third-order valence-electron chi connectivity index (χ3n) is 4.70. The van der Waals surface area contributed by atoms with E-state index in [-0.39, 0.29) is 18.0 Å². The molecule has 1 heterocycles. The van der Waals surface area contributed by atoms with Crippen LogP contribution in [0.2, 0.25) is 0 Å². The monoisotopic (exact) mass is 413 g/mol. The molecule has 4 amide bonds. The van der Waals surface area contributed by atoms with Crippen molar-refractivity contribution in [2.75, 3.05) is 23.9 Å². The van der Waals surface area contributed by atoms with Crippen LogP contribution < -0.4 is 15.0 Å². The first kappa shape index (κ1) is 21.3. The lowest BCUT2D eigenvalue weighted by Crippen LogP contribution is -2.40. The maximum absolute atomic E-state index is 13.6. The minimum absolute atomic E-state index is 0.0846. The van der Waals surface area contributed by atoms with E-state index in [0.29, 0.717) is 18.0 Å². The van der Waals surface area contributed by atoms with Gasteiger partial charge in [-0.05, 0) is 48.4 Å². The van der Waals surface area contributed by atoms with Crippen molar-refractivity contribution in [3.63, 3.8) is 0 Å². The zero-order valence-electron chi connectivity index (χ0n) is 17.1. The Hall–Kier alpha value is -3.42. The summed E-state index contributed by atoms with van der Waals surface area (Å²) in [5, 5.41) is 2.73. The number of hydrogen-bond acceptors (Lipinski definition) is 4. The molecule has 0 radical (unpaired) electrons. The topological polar surface area (TPSA) is 79.0 Å². The van der Waals surface area contributed by atoms with Gasteiger partial charge in [-0.3, -0.25) is 9.59 Å². The highest BCUT2D eigenvalue weighted by Gasteiger charge is 2.46. The highest BCUT2D eigenvalue weighted by molar-refractivity contribution is 6.22. The van der Waals surface area contributed by atoms with Crippen LogP contribution in [0.5, 0.6) is 5.75 Å². The molecule has 0 spiro atoms. The number of halogens is 1. The highest BCUT2D eigenvalue weighted by Crippen LogP contribution is 2.28. The van der Waals surface area contributed by atoms with Crippen molar-refractivity contribution >= 4 is 29.2 Å². The Labute approximate surface area is 174 Å². The van der Waals surface area contributed by atoms with Crippen molar-refractivity contribution in [2.45, 2.75) is 26.3 Å². The lowest BCUT2D eigenvalue weighted by atomic mass is 10.1. The van der Waals surface area contributed by atoms with Gasteiger partial charge in [0.15, 0.2) is 0 Å². The zero-order chi connectivity index (χ0) is 21.8. The van der Waals surface area contributed by atoms with Gasteiger partial charge in [0.1, 0.15) is 17.6 Å². The average molecular weight is 413 g/mol. The molecule has 2 aromatic rings. The van der Waals surface area contributed by atoms with Crippen molar-refractivity contribution in [1.29, 1.82) is 0 Å². The second-order valence-electron chi connectivity index (χ2n) is 7.48. The minimum Gasteiger partial charge on any atom is -0.497 e. The van der Waals surface area contributed by atoms with Crippen LogP contribution in [-0.4, -0.2) is 42.4 Å². The van der Waals surface area contributed by atoms with Gasteiger partial charge in [0, 0.05) is 12.2 Å². The molecule has 0 bridgehead atoms. The van der Waals surface area contributed by atoms with Gasteiger partial charge in [-0.15, -0.1) is 0 Å². The van der Waals surface area contributed by atoms with Gasteiger partial charge >= 0.3 is 6.03 Å². The quantitative estimate of drug-likeness (QED) is 0.703. The third kappa shape index (κ3) is 4.59. The molecule has 30 heavy (non-hydrogen) atoms. The molecular formula is C22H24FN3O4. The van der Waals surface area contributed by atoms with E-state index in [1.807, 2.05) is 13.8 Å². The average Bonchev–Trinajstić information content (AvgIpc) is 2.92. The van der Waals surface area contributed by atoms with Crippen LogP contribution in [0.15, 0.2) is 48.5 Å². The van der Waals surface area contributed by atoms with Crippen molar-refractivity contribution in [1.82, 2.24) is 4.90 Å². The molecular weight excluding hydrogens is 389 g/mol. The molecule has 1 aliphatic heterocycles. The van der Waals surface area contributed by atoms with Gasteiger partial charge in [-0.2, -0.15) is 0 Å². The van der Waals surface area contributed by atoms with E-state index in [4.69, 9.17) is 4.74 Å². The van der Waals surface area contributed by atoms with Crippen LogP contribution in [-0.2, 0) is 9.59 Å². The molecule has 2 aromatic carbocycles. The van der Waals surface area contributed by atoms with Crippen LogP contribution in [0.25, 0.3) is 0 Å². The summed E-state index contributed by atoms with van der Waals surface area (Å²) >= 11 is 0. The van der Waals surface area contributed by atoms with Crippen LogP contribution in [0, 0.1) is 11.7 Å². The summed E-state index contributed by atoms with van der Waals surface area (Å²) in [4.78, 5) is 40.9.